The van der Waals surface area contributed by atoms with Gasteiger partial charge >= 0.3 is 0 Å². The number of nitrogens with zero attached hydrogens (tertiary/aromatic N) is 4. The van der Waals surface area contributed by atoms with E-state index in [9.17, 15) is 4.79 Å². The predicted molar refractivity (Wildman–Crippen MR) is 91.3 cm³/mol. The van der Waals surface area contributed by atoms with Crippen molar-refractivity contribution in [3.8, 4) is 11.1 Å². The van der Waals surface area contributed by atoms with Crippen LogP contribution in [-0.2, 0) is 37.5 Å². The fraction of sp³-hybridized carbons (Fsp3) is 0.368. The topological polar surface area (TPSA) is 60.1 Å². The van der Waals surface area contributed by atoms with Crippen molar-refractivity contribution in [2.24, 2.45) is 5.92 Å². The molecule has 0 bridgehead atoms. The Morgan fingerprint density at radius 3 is 2.76 bits per heavy atom. The van der Waals surface area contributed by atoms with Crippen molar-refractivity contribution >= 4 is 12.1 Å². The SMILES string of the molecule is Cc1nc2ncnn2c(C2CCCC([C-]=O)C2)c1-c1ccccc1.[Y]. The molecule has 2 heterocycles. The molecule has 0 N–H and O–H groups in total. The van der Waals surface area contributed by atoms with Gasteiger partial charge in [0, 0.05) is 44.2 Å². The van der Waals surface area contributed by atoms with Gasteiger partial charge in [0.15, 0.2) is 0 Å². The van der Waals surface area contributed by atoms with Crippen LogP contribution >= 0.6 is 0 Å². The molecular formula is C19H19N4OY-. The van der Waals surface area contributed by atoms with E-state index in [1.807, 2.05) is 29.6 Å². The molecule has 1 saturated carbocycles. The monoisotopic (exact) mass is 408 g/mol. The largest absolute Gasteiger partial charge is 0.542 e. The van der Waals surface area contributed by atoms with Gasteiger partial charge in [0.2, 0.25) is 0 Å². The molecule has 125 valence electrons. The van der Waals surface area contributed by atoms with Gasteiger partial charge in [-0.05, 0) is 18.9 Å². The Labute approximate surface area is 172 Å². The van der Waals surface area contributed by atoms with Crippen LogP contribution in [0.4, 0.5) is 0 Å². The molecular weight excluding hydrogens is 389 g/mol. The van der Waals surface area contributed by atoms with Gasteiger partial charge in [-0.3, -0.25) is 6.29 Å². The first-order chi connectivity index (χ1) is 11.8. The van der Waals surface area contributed by atoms with Gasteiger partial charge in [-0.2, -0.15) is 10.1 Å². The van der Waals surface area contributed by atoms with Crippen LogP contribution in [0.2, 0.25) is 0 Å². The fourth-order valence-electron chi connectivity index (χ4n) is 3.86. The Morgan fingerprint density at radius 1 is 1.20 bits per heavy atom. The van der Waals surface area contributed by atoms with Crippen molar-refractivity contribution < 1.29 is 37.5 Å². The van der Waals surface area contributed by atoms with E-state index in [0.717, 1.165) is 48.2 Å². The Morgan fingerprint density at radius 2 is 2.00 bits per heavy atom. The van der Waals surface area contributed by atoms with Crippen molar-refractivity contribution in [3.05, 3.63) is 48.0 Å². The maximum absolute atomic E-state index is 11.2. The fourth-order valence-corrected chi connectivity index (χ4v) is 3.86. The first-order valence-corrected chi connectivity index (χ1v) is 8.41. The number of fused-ring (bicyclic) bond motifs is 1. The molecule has 0 amide bonds. The Bertz CT molecular complexity index is 878. The Kier molecular flexibility index (Phi) is 5.75. The van der Waals surface area contributed by atoms with Gasteiger partial charge < -0.3 is 4.79 Å². The van der Waals surface area contributed by atoms with Crippen molar-refractivity contribution in [2.75, 3.05) is 0 Å². The van der Waals surface area contributed by atoms with Crippen molar-refractivity contribution in [1.82, 2.24) is 19.6 Å². The van der Waals surface area contributed by atoms with Crippen LogP contribution in [0, 0.1) is 12.8 Å². The van der Waals surface area contributed by atoms with Crippen LogP contribution < -0.4 is 0 Å². The minimum Gasteiger partial charge on any atom is -0.542 e. The molecule has 2 aromatic heterocycles. The van der Waals surface area contributed by atoms with E-state index >= 15 is 0 Å². The van der Waals surface area contributed by atoms with Crippen LogP contribution in [0.25, 0.3) is 16.9 Å². The third-order valence-electron chi connectivity index (χ3n) is 4.93. The smallest absolute Gasteiger partial charge is 0.252 e. The molecule has 4 rings (SSSR count). The zero-order valence-corrected chi connectivity index (χ0v) is 17.1. The molecule has 2 atom stereocenters. The summed E-state index contributed by atoms with van der Waals surface area (Å²) in [5, 5.41) is 4.42. The average molecular weight is 408 g/mol. The molecule has 0 aliphatic heterocycles. The summed E-state index contributed by atoms with van der Waals surface area (Å²) >= 11 is 0. The number of hydrogen-bond acceptors (Lipinski definition) is 4. The summed E-state index contributed by atoms with van der Waals surface area (Å²) in [6.07, 6.45) is 7.60. The number of rotatable bonds is 3. The van der Waals surface area contributed by atoms with E-state index in [2.05, 4.69) is 33.5 Å². The minimum absolute atomic E-state index is 0. The molecule has 0 spiro atoms. The first kappa shape index (κ1) is 18.3. The molecule has 1 aromatic carbocycles. The zero-order chi connectivity index (χ0) is 16.5. The van der Waals surface area contributed by atoms with E-state index in [1.165, 1.54) is 0 Å². The molecule has 1 fully saturated rings. The maximum atomic E-state index is 11.2. The van der Waals surface area contributed by atoms with Gasteiger partial charge in [0.25, 0.3) is 5.78 Å². The molecule has 2 unspecified atom stereocenters. The van der Waals surface area contributed by atoms with Crippen LogP contribution in [-0.4, -0.2) is 25.9 Å². The summed E-state index contributed by atoms with van der Waals surface area (Å²) in [7, 11) is 0. The van der Waals surface area contributed by atoms with Crippen molar-refractivity contribution in [3.63, 3.8) is 0 Å². The number of benzene rings is 1. The third-order valence-corrected chi connectivity index (χ3v) is 4.93. The second-order valence-electron chi connectivity index (χ2n) is 6.47. The number of aryl methyl sites for hydroxylation is 1. The van der Waals surface area contributed by atoms with E-state index in [-0.39, 0.29) is 44.5 Å². The Hall–Kier alpha value is -1.46. The Balaban J connectivity index is 0.00000182. The van der Waals surface area contributed by atoms with E-state index in [0.29, 0.717) is 5.78 Å². The van der Waals surface area contributed by atoms with E-state index in [4.69, 9.17) is 0 Å². The van der Waals surface area contributed by atoms with Crippen molar-refractivity contribution in [2.45, 2.75) is 38.5 Å². The van der Waals surface area contributed by atoms with Gasteiger partial charge in [-0.25, -0.2) is 9.50 Å². The van der Waals surface area contributed by atoms with Crippen LogP contribution in [0.3, 0.4) is 0 Å². The van der Waals surface area contributed by atoms with Crippen molar-refractivity contribution in [1.29, 1.82) is 0 Å². The van der Waals surface area contributed by atoms with E-state index in [1.54, 1.807) is 6.33 Å². The van der Waals surface area contributed by atoms with Gasteiger partial charge in [-0.1, -0.05) is 49.6 Å². The van der Waals surface area contributed by atoms with Gasteiger partial charge in [-0.15, -0.1) is 5.92 Å². The second-order valence-corrected chi connectivity index (χ2v) is 6.47. The molecule has 1 radical (unpaired) electrons. The summed E-state index contributed by atoms with van der Waals surface area (Å²) in [4.78, 5) is 20.1. The van der Waals surface area contributed by atoms with Crippen LogP contribution in [0.5, 0.6) is 0 Å². The molecule has 0 saturated heterocycles. The third kappa shape index (κ3) is 3.45. The zero-order valence-electron chi connectivity index (χ0n) is 14.2. The molecule has 25 heavy (non-hydrogen) atoms. The van der Waals surface area contributed by atoms with Gasteiger partial charge in [0.05, 0.1) is 11.4 Å². The molecule has 5 nitrogen and oxygen atoms in total. The van der Waals surface area contributed by atoms with Gasteiger partial charge in [0.1, 0.15) is 6.33 Å². The van der Waals surface area contributed by atoms with E-state index < -0.39 is 0 Å². The van der Waals surface area contributed by atoms with Crippen LogP contribution in [0.15, 0.2) is 36.7 Å². The standard InChI is InChI=1S/C19H19N4O.Y/c1-13-17(15-7-3-2-4-8-15)18(23-19(22-13)20-12-21-23)16-9-5-6-14(10-16)11-24;/h2-4,7-8,12,14,16H,5-6,9-10H2,1H3;/q-1;. The molecule has 1 aliphatic rings. The quantitative estimate of drug-likeness (QED) is 0.623. The predicted octanol–water partition coefficient (Wildman–Crippen LogP) is 3.48. The summed E-state index contributed by atoms with van der Waals surface area (Å²) in [6, 6.07) is 10.3. The number of hydrogen-bond donors (Lipinski definition) is 0. The first-order valence-electron chi connectivity index (χ1n) is 8.41. The number of carbonyl (C=O) groups excluding carboxylic acids is 1. The summed E-state index contributed by atoms with van der Waals surface area (Å²) < 4.78 is 1.85. The second kappa shape index (κ2) is 7.84. The minimum atomic E-state index is 0. The summed E-state index contributed by atoms with van der Waals surface area (Å²) in [5.74, 6) is 0.908. The molecule has 1 aliphatic carbocycles. The molecule has 6 heteroatoms. The molecule has 3 aromatic rings. The van der Waals surface area contributed by atoms with Crippen LogP contribution in [0.1, 0.15) is 43.0 Å². The normalized spacial score (nSPS) is 20.2. The maximum Gasteiger partial charge on any atom is 0.252 e. The number of aromatic nitrogens is 4. The summed E-state index contributed by atoms with van der Waals surface area (Å²) in [5.41, 5.74) is 4.33. The summed E-state index contributed by atoms with van der Waals surface area (Å²) in [6.45, 7) is 2.02. The average Bonchev–Trinajstić information content (AvgIpc) is 3.09.